The van der Waals surface area contributed by atoms with Gasteiger partial charge in [0.1, 0.15) is 0 Å². The van der Waals surface area contributed by atoms with Crippen LogP contribution in [0.3, 0.4) is 0 Å². The Morgan fingerprint density at radius 2 is 2.55 bits per heavy atom. The molecule has 0 spiro atoms. The van der Waals surface area contributed by atoms with E-state index in [2.05, 4.69) is 11.8 Å². The molecule has 11 heavy (non-hydrogen) atoms. The number of alkyl halides is 1. The fourth-order valence-electron chi connectivity index (χ4n) is 0.644. The van der Waals surface area contributed by atoms with Crippen molar-refractivity contribution < 1.29 is 9.21 Å². The zero-order chi connectivity index (χ0) is 8.10. The molecule has 0 unspecified atom stereocenters. The van der Waals surface area contributed by atoms with E-state index in [1.54, 1.807) is 6.07 Å². The zero-order valence-corrected chi connectivity index (χ0v) is 6.39. The summed E-state index contributed by atoms with van der Waals surface area (Å²) in [7, 11) is 0. The second kappa shape index (κ2) is 3.85. The van der Waals surface area contributed by atoms with Crippen molar-refractivity contribution in [3.05, 3.63) is 23.7 Å². The minimum absolute atomic E-state index is 0.252. The normalized spacial score (nSPS) is 8.45. The van der Waals surface area contributed by atoms with Gasteiger partial charge in [-0.05, 0) is 6.07 Å². The van der Waals surface area contributed by atoms with E-state index in [9.17, 15) is 4.79 Å². The van der Waals surface area contributed by atoms with Gasteiger partial charge in [0.05, 0.1) is 17.7 Å². The molecule has 1 heterocycles. The highest BCUT2D eigenvalue weighted by molar-refractivity contribution is 6.19. The summed E-state index contributed by atoms with van der Waals surface area (Å²) in [6, 6.07) is 1.63. The largest absolute Gasteiger partial charge is 0.460 e. The number of carbonyl (C=O) groups is 1. The van der Waals surface area contributed by atoms with E-state index in [4.69, 9.17) is 16.0 Å². The first-order valence-electron chi connectivity index (χ1n) is 2.96. The molecule has 0 aromatic carbocycles. The molecule has 0 saturated heterocycles. The van der Waals surface area contributed by atoms with Gasteiger partial charge in [-0.25, -0.2) is 0 Å². The molecular weight excluding hydrogens is 164 g/mol. The number of hydrogen-bond acceptors (Lipinski definition) is 2. The van der Waals surface area contributed by atoms with E-state index in [1.165, 1.54) is 6.26 Å². The average molecular weight is 169 g/mol. The van der Waals surface area contributed by atoms with Crippen molar-refractivity contribution in [3.8, 4) is 11.8 Å². The molecule has 0 bridgehead atoms. The Bertz CT molecular complexity index is 303. The van der Waals surface area contributed by atoms with E-state index in [-0.39, 0.29) is 11.6 Å². The molecule has 56 valence electrons. The minimum atomic E-state index is 0.252. The second-order valence-electron chi connectivity index (χ2n) is 1.75. The van der Waals surface area contributed by atoms with Gasteiger partial charge in [0, 0.05) is 0 Å². The van der Waals surface area contributed by atoms with Gasteiger partial charge in [-0.2, -0.15) is 0 Å². The fraction of sp³-hybridized carbons (Fsp3) is 0.125. The van der Waals surface area contributed by atoms with Gasteiger partial charge in [-0.15, -0.1) is 11.6 Å². The third-order valence-electron chi connectivity index (χ3n) is 1.09. The highest BCUT2D eigenvalue weighted by atomic mass is 35.5. The lowest BCUT2D eigenvalue weighted by molar-refractivity contribution is 0.110. The number of rotatable bonds is 1. The predicted octanol–water partition coefficient (Wildman–Crippen LogP) is 1.68. The van der Waals surface area contributed by atoms with Crippen LogP contribution in [0, 0.1) is 11.8 Å². The Morgan fingerprint density at radius 3 is 3.18 bits per heavy atom. The lowest BCUT2D eigenvalue weighted by Crippen LogP contribution is -1.78. The predicted molar refractivity (Wildman–Crippen MR) is 41.7 cm³/mol. The van der Waals surface area contributed by atoms with Crippen LogP contribution in [0.5, 0.6) is 0 Å². The molecule has 3 heteroatoms. The Hall–Kier alpha value is -1.20. The standard InChI is InChI=1S/C8H5ClO2/c9-4-1-2-7-3-5-11-8(7)6-10/h3,5-6H,4H2. The Labute approximate surface area is 69.1 Å². The van der Waals surface area contributed by atoms with Crippen molar-refractivity contribution in [2.24, 2.45) is 0 Å². The quantitative estimate of drug-likeness (QED) is 0.363. The number of carbonyl (C=O) groups excluding carboxylic acids is 1. The molecule has 0 radical (unpaired) electrons. The maximum Gasteiger partial charge on any atom is 0.186 e. The van der Waals surface area contributed by atoms with Crippen molar-refractivity contribution >= 4 is 17.9 Å². The average Bonchev–Trinajstić information content (AvgIpc) is 2.47. The topological polar surface area (TPSA) is 30.2 Å². The molecule has 0 atom stereocenters. The van der Waals surface area contributed by atoms with E-state index < -0.39 is 0 Å². The molecule has 0 aliphatic rings. The van der Waals surface area contributed by atoms with Gasteiger partial charge in [0.15, 0.2) is 12.0 Å². The highest BCUT2D eigenvalue weighted by Gasteiger charge is 1.99. The van der Waals surface area contributed by atoms with E-state index in [1.807, 2.05) is 0 Å². The molecular formula is C8H5ClO2. The van der Waals surface area contributed by atoms with Crippen LogP contribution in [0.4, 0.5) is 0 Å². The van der Waals surface area contributed by atoms with Crippen molar-refractivity contribution in [3.63, 3.8) is 0 Å². The number of furan rings is 1. The summed E-state index contributed by atoms with van der Waals surface area (Å²) in [5.41, 5.74) is 0.584. The van der Waals surface area contributed by atoms with E-state index in [0.29, 0.717) is 11.8 Å². The summed E-state index contributed by atoms with van der Waals surface area (Å²) in [6.45, 7) is 0. The summed E-state index contributed by atoms with van der Waals surface area (Å²) in [6.07, 6.45) is 2.04. The maximum absolute atomic E-state index is 10.3. The lowest BCUT2D eigenvalue weighted by atomic mass is 10.3. The van der Waals surface area contributed by atoms with Gasteiger partial charge < -0.3 is 4.42 Å². The zero-order valence-electron chi connectivity index (χ0n) is 5.63. The van der Waals surface area contributed by atoms with Gasteiger partial charge in [0.25, 0.3) is 0 Å². The molecule has 1 rings (SSSR count). The second-order valence-corrected chi connectivity index (χ2v) is 2.02. The first-order valence-corrected chi connectivity index (χ1v) is 3.49. The van der Waals surface area contributed by atoms with Crippen molar-refractivity contribution in [2.45, 2.75) is 0 Å². The summed E-state index contributed by atoms with van der Waals surface area (Å²) >= 11 is 5.32. The summed E-state index contributed by atoms with van der Waals surface area (Å²) in [5.74, 6) is 5.81. The van der Waals surface area contributed by atoms with Crippen LogP contribution < -0.4 is 0 Å². The summed E-state index contributed by atoms with van der Waals surface area (Å²) in [5, 5.41) is 0. The van der Waals surface area contributed by atoms with E-state index in [0.717, 1.165) is 0 Å². The fourth-order valence-corrected chi connectivity index (χ4v) is 0.711. The molecule has 0 amide bonds. The molecule has 0 N–H and O–H groups in total. The highest BCUT2D eigenvalue weighted by Crippen LogP contribution is 2.05. The van der Waals surface area contributed by atoms with Crippen LogP contribution in [0.25, 0.3) is 0 Å². The monoisotopic (exact) mass is 168 g/mol. The molecule has 1 aromatic heterocycles. The number of hydrogen-bond donors (Lipinski definition) is 0. The molecule has 0 aliphatic heterocycles. The van der Waals surface area contributed by atoms with Gasteiger partial charge >= 0.3 is 0 Å². The van der Waals surface area contributed by atoms with Gasteiger partial charge in [0.2, 0.25) is 0 Å². The van der Waals surface area contributed by atoms with Crippen LogP contribution in [0.2, 0.25) is 0 Å². The first kappa shape index (κ1) is 7.90. The first-order chi connectivity index (χ1) is 5.38. The minimum Gasteiger partial charge on any atom is -0.460 e. The van der Waals surface area contributed by atoms with Gasteiger partial charge in [-0.1, -0.05) is 11.8 Å². The van der Waals surface area contributed by atoms with Gasteiger partial charge in [-0.3, -0.25) is 4.79 Å². The van der Waals surface area contributed by atoms with Crippen LogP contribution >= 0.6 is 11.6 Å². The third-order valence-corrected chi connectivity index (χ3v) is 1.23. The number of aldehydes is 1. The maximum atomic E-state index is 10.3. The van der Waals surface area contributed by atoms with Crippen molar-refractivity contribution in [2.75, 3.05) is 5.88 Å². The van der Waals surface area contributed by atoms with Crippen molar-refractivity contribution in [1.29, 1.82) is 0 Å². The molecule has 2 nitrogen and oxygen atoms in total. The Balaban J connectivity index is 2.93. The smallest absolute Gasteiger partial charge is 0.186 e. The molecule has 0 aliphatic carbocycles. The SMILES string of the molecule is O=Cc1occc1C#CCCl. The van der Waals surface area contributed by atoms with Crippen LogP contribution in [-0.2, 0) is 0 Å². The summed E-state index contributed by atoms with van der Waals surface area (Å²) < 4.78 is 4.80. The molecule has 0 saturated carbocycles. The lowest BCUT2D eigenvalue weighted by Gasteiger charge is -1.80. The Kier molecular flexibility index (Phi) is 2.76. The van der Waals surface area contributed by atoms with Crippen LogP contribution in [-0.4, -0.2) is 12.2 Å². The summed E-state index contributed by atoms with van der Waals surface area (Å²) in [4.78, 5) is 10.3. The van der Waals surface area contributed by atoms with E-state index >= 15 is 0 Å². The third kappa shape index (κ3) is 1.86. The number of halogens is 1. The molecule has 0 fully saturated rings. The van der Waals surface area contributed by atoms with Crippen LogP contribution in [0.15, 0.2) is 16.7 Å². The van der Waals surface area contributed by atoms with Crippen molar-refractivity contribution in [1.82, 2.24) is 0 Å². The molecule has 1 aromatic rings. The van der Waals surface area contributed by atoms with Crippen LogP contribution in [0.1, 0.15) is 16.1 Å². The Morgan fingerprint density at radius 1 is 1.73 bits per heavy atom.